The van der Waals surface area contributed by atoms with Crippen LogP contribution in [0.2, 0.25) is 0 Å². The number of rotatable bonds is 9. The Bertz CT molecular complexity index is 856. The normalized spacial score (nSPS) is 23.5. The molecule has 3 rings (SSSR count). The fraction of sp³-hybridized carbons (Fsp3) is 0.600. The molecule has 9 heteroatoms. The van der Waals surface area contributed by atoms with Crippen LogP contribution in [0.3, 0.4) is 0 Å². The molecule has 2 aliphatic rings. The Kier molecular flexibility index (Phi) is 10.6. The summed E-state index contributed by atoms with van der Waals surface area (Å²) < 4.78 is 12.2. The van der Waals surface area contributed by atoms with Crippen LogP contribution in [0.25, 0.3) is 0 Å². The lowest BCUT2D eigenvalue weighted by molar-refractivity contribution is -0.146. The van der Waals surface area contributed by atoms with Gasteiger partial charge in [-0.25, -0.2) is 0 Å². The highest BCUT2D eigenvalue weighted by molar-refractivity contribution is 14.1. The Morgan fingerprint density at radius 3 is 2.53 bits per heavy atom. The molecule has 0 radical (unpaired) electrons. The van der Waals surface area contributed by atoms with Crippen LogP contribution in [-0.2, 0) is 14.3 Å². The third-order valence-electron chi connectivity index (χ3n) is 6.45. The van der Waals surface area contributed by atoms with Gasteiger partial charge in [0, 0.05) is 31.7 Å². The van der Waals surface area contributed by atoms with Crippen molar-refractivity contribution < 1.29 is 29.3 Å². The zero-order chi connectivity index (χ0) is 24.5. The summed E-state index contributed by atoms with van der Waals surface area (Å²) in [5.41, 5.74) is 0.434. The highest BCUT2D eigenvalue weighted by Crippen LogP contribution is 2.33. The Morgan fingerprint density at radius 2 is 1.88 bits per heavy atom. The van der Waals surface area contributed by atoms with Gasteiger partial charge in [-0.3, -0.25) is 9.59 Å². The second-order valence-corrected chi connectivity index (χ2v) is 9.99. The number of nitrogens with zero attached hydrogens (tertiary/aromatic N) is 1. The van der Waals surface area contributed by atoms with E-state index in [-0.39, 0.29) is 44.0 Å². The number of aliphatic hydroxyl groups is 2. The quantitative estimate of drug-likeness (QED) is 0.303. The van der Waals surface area contributed by atoms with Crippen molar-refractivity contribution in [3.63, 3.8) is 0 Å². The van der Waals surface area contributed by atoms with E-state index < -0.39 is 18.2 Å². The fourth-order valence-corrected chi connectivity index (χ4v) is 5.34. The molecule has 0 heterocycles. The molecule has 0 aliphatic heterocycles. The minimum Gasteiger partial charge on any atom is -0.482 e. The highest BCUT2D eigenvalue weighted by Gasteiger charge is 2.42. The maximum Gasteiger partial charge on any atom is 0.249 e. The van der Waals surface area contributed by atoms with Crippen molar-refractivity contribution in [2.24, 2.45) is 0 Å². The first kappa shape index (κ1) is 26.9. The van der Waals surface area contributed by atoms with E-state index in [1.165, 1.54) is 7.11 Å². The third-order valence-corrected chi connectivity index (χ3v) is 7.34. The molecular formula is C25H35IN2O6. The van der Waals surface area contributed by atoms with Crippen LogP contribution < -0.4 is 10.1 Å². The predicted molar refractivity (Wildman–Crippen MR) is 136 cm³/mol. The number of methoxy groups -OCH3 is 1. The molecule has 2 amide bonds. The zero-order valence-electron chi connectivity index (χ0n) is 19.6. The first-order valence-corrected chi connectivity index (χ1v) is 13.0. The monoisotopic (exact) mass is 586 g/mol. The van der Waals surface area contributed by atoms with Crippen molar-refractivity contribution in [1.29, 1.82) is 0 Å². The summed E-state index contributed by atoms with van der Waals surface area (Å²) in [6.45, 7) is -0.133. The van der Waals surface area contributed by atoms with Crippen LogP contribution in [-0.4, -0.2) is 78.1 Å². The molecule has 1 aromatic carbocycles. The molecule has 0 bridgehead atoms. The van der Waals surface area contributed by atoms with E-state index in [1.54, 1.807) is 11.0 Å². The summed E-state index contributed by atoms with van der Waals surface area (Å²) in [5.74, 6) is 0.0780. The van der Waals surface area contributed by atoms with E-state index in [2.05, 4.69) is 27.9 Å². The number of benzene rings is 1. The number of carbonyl (C=O) groups excluding carboxylic acids is 2. The Labute approximate surface area is 214 Å². The number of carbonyl (C=O) groups is 2. The Balaban J connectivity index is 1.95. The van der Waals surface area contributed by atoms with Gasteiger partial charge in [-0.15, -0.1) is 0 Å². The van der Waals surface area contributed by atoms with E-state index >= 15 is 0 Å². The van der Waals surface area contributed by atoms with Gasteiger partial charge in [-0.05, 0) is 53.6 Å². The molecule has 0 spiro atoms. The first-order valence-electron chi connectivity index (χ1n) is 11.9. The minimum atomic E-state index is -1.02. The Morgan fingerprint density at radius 1 is 1.18 bits per heavy atom. The van der Waals surface area contributed by atoms with Crippen molar-refractivity contribution in [2.75, 3.05) is 26.9 Å². The van der Waals surface area contributed by atoms with Gasteiger partial charge in [0.2, 0.25) is 11.8 Å². The number of nitrogens with one attached hydrogen (secondary N) is 1. The van der Waals surface area contributed by atoms with Crippen LogP contribution in [0, 0.1) is 3.57 Å². The van der Waals surface area contributed by atoms with Gasteiger partial charge in [0.05, 0.1) is 16.2 Å². The Hall–Kier alpha value is -1.69. The molecule has 1 saturated carbocycles. The fourth-order valence-electron chi connectivity index (χ4n) is 4.83. The smallest absolute Gasteiger partial charge is 0.249 e. The van der Waals surface area contributed by atoms with Crippen LogP contribution in [0.15, 0.2) is 35.9 Å². The van der Waals surface area contributed by atoms with Gasteiger partial charge in [-0.1, -0.05) is 37.8 Å². The lowest BCUT2D eigenvalue weighted by atomic mass is 9.86. The number of aliphatic hydroxyl groups excluding tert-OH is 2. The maximum atomic E-state index is 13.3. The summed E-state index contributed by atoms with van der Waals surface area (Å²) in [7, 11) is 1.48. The third kappa shape index (κ3) is 6.93. The molecule has 1 fully saturated rings. The predicted octanol–water partition coefficient (Wildman–Crippen LogP) is 2.40. The molecule has 8 nitrogen and oxygen atoms in total. The van der Waals surface area contributed by atoms with E-state index in [0.29, 0.717) is 11.3 Å². The number of amides is 2. The van der Waals surface area contributed by atoms with Crippen LogP contribution in [0.4, 0.5) is 0 Å². The maximum absolute atomic E-state index is 13.3. The second kappa shape index (κ2) is 13.4. The minimum absolute atomic E-state index is 0.0258. The van der Waals surface area contributed by atoms with Gasteiger partial charge < -0.3 is 29.9 Å². The zero-order valence-corrected chi connectivity index (χ0v) is 21.8. The van der Waals surface area contributed by atoms with Crippen molar-refractivity contribution in [1.82, 2.24) is 10.2 Å². The SMILES string of the molecule is COCC(=O)N(C1CCCCCC1)[C@@H]1CC(C(=O)NCCO)=C[C@H](Oc2ccccc2I)[C@H]1O. The molecule has 0 aromatic heterocycles. The standard InChI is InChI=1S/C25H35IN2O6/c1-33-16-23(30)28(18-8-4-2-3-5-9-18)20-14-17(25(32)27-12-13-29)15-22(24(20)31)34-21-11-7-6-10-19(21)26/h6-7,10-11,15,18,20,22,24,29,31H,2-5,8-9,12-14,16H2,1H3,(H,27,32)/t20-,22+,24+/m1/s1. The van der Waals surface area contributed by atoms with Crippen LogP contribution in [0.5, 0.6) is 5.75 Å². The average molecular weight is 586 g/mol. The van der Waals surface area contributed by atoms with E-state index in [9.17, 15) is 14.7 Å². The summed E-state index contributed by atoms with van der Waals surface area (Å²) in [4.78, 5) is 27.9. The van der Waals surface area contributed by atoms with Crippen molar-refractivity contribution >= 4 is 34.4 Å². The van der Waals surface area contributed by atoms with Crippen molar-refractivity contribution in [2.45, 2.75) is 69.2 Å². The largest absolute Gasteiger partial charge is 0.482 e. The number of halogens is 1. The number of ether oxygens (including phenoxy) is 2. The molecule has 3 N–H and O–H groups in total. The molecular weight excluding hydrogens is 551 g/mol. The topological polar surface area (TPSA) is 108 Å². The molecule has 1 aromatic rings. The van der Waals surface area contributed by atoms with E-state index in [4.69, 9.17) is 14.6 Å². The van der Waals surface area contributed by atoms with Gasteiger partial charge in [0.1, 0.15) is 24.6 Å². The van der Waals surface area contributed by atoms with Gasteiger partial charge in [0.25, 0.3) is 0 Å². The summed E-state index contributed by atoms with van der Waals surface area (Å²) >= 11 is 2.16. The van der Waals surface area contributed by atoms with E-state index in [0.717, 1.165) is 42.1 Å². The van der Waals surface area contributed by atoms with Gasteiger partial charge >= 0.3 is 0 Å². The second-order valence-electron chi connectivity index (χ2n) is 8.83. The number of hydrogen-bond donors (Lipinski definition) is 3. The molecule has 0 saturated heterocycles. The number of hydrogen-bond acceptors (Lipinski definition) is 6. The van der Waals surface area contributed by atoms with Crippen molar-refractivity contribution in [3.8, 4) is 5.75 Å². The van der Waals surface area contributed by atoms with E-state index in [1.807, 2.05) is 24.3 Å². The average Bonchev–Trinajstić information content (AvgIpc) is 3.11. The molecule has 188 valence electrons. The van der Waals surface area contributed by atoms with Crippen LogP contribution in [0.1, 0.15) is 44.9 Å². The summed E-state index contributed by atoms with van der Waals surface area (Å²) in [5, 5.41) is 23.3. The van der Waals surface area contributed by atoms with Gasteiger partial charge in [0.15, 0.2) is 0 Å². The van der Waals surface area contributed by atoms with Crippen LogP contribution >= 0.6 is 22.6 Å². The summed E-state index contributed by atoms with van der Waals surface area (Å²) in [6.07, 6.45) is 6.03. The summed E-state index contributed by atoms with van der Waals surface area (Å²) in [6, 6.07) is 6.81. The van der Waals surface area contributed by atoms with Gasteiger partial charge in [-0.2, -0.15) is 0 Å². The molecule has 34 heavy (non-hydrogen) atoms. The number of para-hydroxylation sites is 1. The van der Waals surface area contributed by atoms with Crippen molar-refractivity contribution in [3.05, 3.63) is 39.5 Å². The first-order chi connectivity index (χ1) is 16.5. The molecule has 3 atom stereocenters. The highest BCUT2D eigenvalue weighted by atomic mass is 127. The lowest BCUT2D eigenvalue weighted by Gasteiger charge is -2.44. The molecule has 2 aliphatic carbocycles. The lowest BCUT2D eigenvalue weighted by Crippen LogP contribution is -2.58. The molecule has 0 unspecified atom stereocenters.